The van der Waals surface area contributed by atoms with Crippen LogP contribution < -0.4 is 10.3 Å². The van der Waals surface area contributed by atoms with Crippen LogP contribution in [0.25, 0.3) is 21.5 Å². The number of thiophene rings is 1. The molecule has 0 aliphatic carbocycles. The van der Waals surface area contributed by atoms with E-state index < -0.39 is 0 Å². The lowest BCUT2D eigenvalue weighted by atomic mass is 9.92. The second-order valence-corrected chi connectivity index (χ2v) is 8.57. The van der Waals surface area contributed by atoms with E-state index in [0.717, 1.165) is 26.4 Å². The van der Waals surface area contributed by atoms with Gasteiger partial charge in [0.15, 0.2) is 0 Å². The normalized spacial score (nSPS) is 14.4. The van der Waals surface area contributed by atoms with Gasteiger partial charge in [0.05, 0.1) is 30.2 Å². The van der Waals surface area contributed by atoms with Gasteiger partial charge in [-0.25, -0.2) is 0 Å². The summed E-state index contributed by atoms with van der Waals surface area (Å²) >= 11 is 1.59. The van der Waals surface area contributed by atoms with E-state index in [2.05, 4.69) is 4.98 Å². The number of aliphatic hydroxyl groups excluding tert-OH is 1. The molecule has 6 heteroatoms. The average Bonchev–Trinajstić information content (AvgIpc) is 3.07. The smallest absolute Gasteiger partial charge is 0.282 e. The van der Waals surface area contributed by atoms with Crippen LogP contribution in [0.3, 0.4) is 0 Å². The first-order valence-corrected chi connectivity index (χ1v) is 10.5. The molecule has 5 nitrogen and oxygen atoms in total. The molecular weight excluding hydrogens is 396 g/mol. The maximum absolute atomic E-state index is 13.0. The standard InChI is InChI=1S/C24H20N2O3S/c1-13-14(2)30-24-19(13)23(28)25-22-20(16-9-5-4-8-15(16)12-26(22)24)21(27)17-10-6-7-11-18(17)29-3/h4-11,27H,12H2,1-3H3/b21-20-. The SMILES string of the molecule is COc1ccccc1/C(O)=C1\c2ccccc2Cn2c1nc(=O)c1c(C)c(C)sc12. The number of fused-ring (bicyclic) bond motifs is 4. The van der Waals surface area contributed by atoms with E-state index in [0.29, 0.717) is 34.6 Å². The highest BCUT2D eigenvalue weighted by Crippen LogP contribution is 2.40. The fraction of sp³-hybridized carbons (Fsp3) is 0.167. The number of rotatable bonds is 2. The van der Waals surface area contributed by atoms with E-state index in [1.807, 2.05) is 54.8 Å². The highest BCUT2D eigenvalue weighted by molar-refractivity contribution is 7.18. The van der Waals surface area contributed by atoms with Gasteiger partial charge >= 0.3 is 0 Å². The summed E-state index contributed by atoms with van der Waals surface area (Å²) in [5, 5.41) is 12.1. The van der Waals surface area contributed by atoms with Crippen LogP contribution in [0, 0.1) is 13.8 Å². The van der Waals surface area contributed by atoms with Crippen LogP contribution in [0.2, 0.25) is 0 Å². The van der Waals surface area contributed by atoms with Gasteiger partial charge in [-0.05, 0) is 42.7 Å². The Bertz CT molecular complexity index is 1410. The molecule has 0 saturated heterocycles. The topological polar surface area (TPSA) is 64.3 Å². The van der Waals surface area contributed by atoms with Crippen LogP contribution in [0.5, 0.6) is 5.75 Å². The first-order valence-electron chi connectivity index (χ1n) is 9.67. The van der Waals surface area contributed by atoms with Gasteiger partial charge < -0.3 is 14.4 Å². The number of ether oxygens (including phenoxy) is 1. The maximum atomic E-state index is 13.0. The molecule has 0 unspecified atom stereocenters. The lowest BCUT2D eigenvalue weighted by Crippen LogP contribution is -2.23. The van der Waals surface area contributed by atoms with Crippen LogP contribution in [0.15, 0.2) is 53.3 Å². The zero-order valence-electron chi connectivity index (χ0n) is 16.9. The molecule has 2 aromatic heterocycles. The fourth-order valence-electron chi connectivity index (χ4n) is 4.10. The largest absolute Gasteiger partial charge is 0.506 e. The highest BCUT2D eigenvalue weighted by Gasteiger charge is 2.29. The number of aromatic nitrogens is 2. The van der Waals surface area contributed by atoms with Crippen molar-refractivity contribution in [2.24, 2.45) is 0 Å². The van der Waals surface area contributed by atoms with E-state index in [4.69, 9.17) is 4.74 Å². The zero-order chi connectivity index (χ0) is 21.0. The maximum Gasteiger partial charge on any atom is 0.282 e. The molecule has 1 N–H and O–H groups in total. The summed E-state index contributed by atoms with van der Waals surface area (Å²) in [5.41, 5.74) is 3.76. The van der Waals surface area contributed by atoms with E-state index in [9.17, 15) is 9.90 Å². The van der Waals surface area contributed by atoms with Gasteiger partial charge in [0.25, 0.3) is 5.56 Å². The van der Waals surface area contributed by atoms with Crippen molar-refractivity contribution in [1.82, 2.24) is 9.55 Å². The molecule has 150 valence electrons. The van der Waals surface area contributed by atoms with Gasteiger partial charge in [-0.1, -0.05) is 36.4 Å². The summed E-state index contributed by atoms with van der Waals surface area (Å²) in [6.07, 6.45) is 0. The molecule has 0 amide bonds. The number of aryl methyl sites for hydroxylation is 2. The second-order valence-electron chi connectivity index (χ2n) is 7.37. The third-order valence-corrected chi connectivity index (χ3v) is 6.96. The number of nitrogens with zero attached hydrogens (tertiary/aromatic N) is 2. The van der Waals surface area contributed by atoms with Crippen molar-refractivity contribution in [1.29, 1.82) is 0 Å². The lowest BCUT2D eigenvalue weighted by Gasteiger charge is -2.25. The number of para-hydroxylation sites is 1. The van der Waals surface area contributed by atoms with E-state index in [1.54, 1.807) is 30.6 Å². The van der Waals surface area contributed by atoms with Gasteiger partial charge in [-0.3, -0.25) is 4.79 Å². The fourth-order valence-corrected chi connectivity index (χ4v) is 5.25. The molecule has 0 fully saturated rings. The van der Waals surface area contributed by atoms with Crippen LogP contribution in [0.1, 0.15) is 33.0 Å². The van der Waals surface area contributed by atoms with Crippen molar-refractivity contribution in [3.63, 3.8) is 0 Å². The first kappa shape index (κ1) is 18.6. The zero-order valence-corrected chi connectivity index (χ0v) is 17.7. The van der Waals surface area contributed by atoms with Crippen LogP contribution in [-0.2, 0) is 6.54 Å². The van der Waals surface area contributed by atoms with E-state index in [-0.39, 0.29) is 11.3 Å². The molecular formula is C24H20N2O3S. The molecule has 30 heavy (non-hydrogen) atoms. The van der Waals surface area contributed by atoms with E-state index in [1.165, 1.54) is 0 Å². The predicted octanol–water partition coefficient (Wildman–Crippen LogP) is 4.92. The molecule has 1 aliphatic rings. The Morgan fingerprint density at radius 1 is 1.13 bits per heavy atom. The van der Waals surface area contributed by atoms with Crippen molar-refractivity contribution in [3.05, 3.63) is 91.8 Å². The first-order chi connectivity index (χ1) is 14.5. The monoisotopic (exact) mass is 416 g/mol. The summed E-state index contributed by atoms with van der Waals surface area (Å²) in [7, 11) is 1.57. The van der Waals surface area contributed by atoms with Crippen molar-refractivity contribution in [2.75, 3.05) is 7.11 Å². The average molecular weight is 417 g/mol. The summed E-state index contributed by atoms with van der Waals surface area (Å²) in [4.78, 5) is 19.4. The molecule has 4 aromatic rings. The van der Waals surface area contributed by atoms with Crippen molar-refractivity contribution in [3.8, 4) is 5.75 Å². The van der Waals surface area contributed by atoms with Crippen LogP contribution in [-0.4, -0.2) is 21.8 Å². The Balaban J connectivity index is 1.92. The van der Waals surface area contributed by atoms with Crippen molar-refractivity contribution < 1.29 is 9.84 Å². The van der Waals surface area contributed by atoms with Gasteiger partial charge in [-0.2, -0.15) is 4.98 Å². The molecule has 0 atom stereocenters. The van der Waals surface area contributed by atoms with Gasteiger partial charge in [-0.15, -0.1) is 11.3 Å². The highest BCUT2D eigenvalue weighted by atomic mass is 32.1. The van der Waals surface area contributed by atoms with Gasteiger partial charge in [0.2, 0.25) is 0 Å². The third-order valence-electron chi connectivity index (χ3n) is 5.73. The Labute approximate surface area is 177 Å². The number of aliphatic hydroxyl groups is 1. The molecule has 2 aromatic carbocycles. The predicted molar refractivity (Wildman–Crippen MR) is 120 cm³/mol. The summed E-state index contributed by atoms with van der Waals surface area (Å²) in [6, 6.07) is 15.2. The molecule has 0 spiro atoms. The Morgan fingerprint density at radius 2 is 1.87 bits per heavy atom. The Kier molecular flexibility index (Phi) is 4.25. The number of methoxy groups -OCH3 is 1. The van der Waals surface area contributed by atoms with Crippen molar-refractivity contribution >= 4 is 32.9 Å². The summed E-state index contributed by atoms with van der Waals surface area (Å²) in [5.74, 6) is 1.09. The van der Waals surface area contributed by atoms with E-state index >= 15 is 0 Å². The minimum absolute atomic E-state index is 0.0459. The van der Waals surface area contributed by atoms with Crippen LogP contribution in [0.4, 0.5) is 0 Å². The quantitative estimate of drug-likeness (QED) is 0.415. The number of benzene rings is 2. The van der Waals surface area contributed by atoms with Crippen LogP contribution >= 0.6 is 11.3 Å². The molecule has 0 bridgehead atoms. The molecule has 1 aliphatic heterocycles. The molecule has 3 heterocycles. The minimum Gasteiger partial charge on any atom is -0.506 e. The minimum atomic E-state index is -0.261. The second kappa shape index (κ2) is 6.85. The Morgan fingerprint density at radius 3 is 2.67 bits per heavy atom. The molecule has 0 radical (unpaired) electrons. The van der Waals surface area contributed by atoms with Crippen molar-refractivity contribution in [2.45, 2.75) is 20.4 Å². The van der Waals surface area contributed by atoms with Gasteiger partial charge in [0, 0.05) is 4.88 Å². The molecule has 0 saturated carbocycles. The Hall–Kier alpha value is -3.38. The number of hydrogen-bond donors (Lipinski definition) is 1. The molecule has 5 rings (SSSR count). The summed E-state index contributed by atoms with van der Waals surface area (Å²) < 4.78 is 7.51. The third kappa shape index (κ3) is 2.60. The number of hydrogen-bond acceptors (Lipinski definition) is 5. The summed E-state index contributed by atoms with van der Waals surface area (Å²) in [6.45, 7) is 4.58. The van der Waals surface area contributed by atoms with Gasteiger partial charge in [0.1, 0.15) is 22.2 Å². The lowest BCUT2D eigenvalue weighted by molar-refractivity contribution is 0.408.